The van der Waals surface area contributed by atoms with E-state index in [2.05, 4.69) is 9.97 Å². The Hall–Kier alpha value is -2.73. The van der Waals surface area contributed by atoms with Crippen molar-refractivity contribution < 1.29 is 4.79 Å². The van der Waals surface area contributed by atoms with Gasteiger partial charge < -0.3 is 10.6 Å². The standard InChI is InChI=1S/C20H20N4OS/c21-17-13-22-9-8-16(17)14-4-6-15(7-5-14)20(25)24-11-2-1-3-18(24)19-23-10-12-26-19/h4-10,12-13,18H,1-3,11,21H2. The summed E-state index contributed by atoms with van der Waals surface area (Å²) in [5.41, 5.74) is 9.24. The molecule has 0 spiro atoms. The van der Waals surface area contributed by atoms with E-state index in [4.69, 9.17) is 5.73 Å². The number of nitrogen functional groups attached to an aromatic ring is 1. The van der Waals surface area contributed by atoms with Crippen LogP contribution >= 0.6 is 11.3 Å². The molecule has 4 rings (SSSR count). The van der Waals surface area contributed by atoms with Gasteiger partial charge >= 0.3 is 0 Å². The molecule has 5 nitrogen and oxygen atoms in total. The van der Waals surface area contributed by atoms with E-state index >= 15 is 0 Å². The second-order valence-electron chi connectivity index (χ2n) is 6.42. The predicted octanol–water partition coefficient (Wildman–Crippen LogP) is 4.15. The highest BCUT2D eigenvalue weighted by Gasteiger charge is 2.30. The summed E-state index contributed by atoms with van der Waals surface area (Å²) < 4.78 is 0. The topological polar surface area (TPSA) is 72.1 Å². The number of pyridine rings is 1. The lowest BCUT2D eigenvalue weighted by Crippen LogP contribution is -2.38. The van der Waals surface area contributed by atoms with Crippen LogP contribution < -0.4 is 5.73 Å². The molecule has 0 aliphatic carbocycles. The molecule has 0 bridgehead atoms. The van der Waals surface area contributed by atoms with Gasteiger partial charge in [0.25, 0.3) is 5.91 Å². The molecule has 1 amide bonds. The van der Waals surface area contributed by atoms with Gasteiger partial charge in [-0.3, -0.25) is 9.78 Å². The minimum absolute atomic E-state index is 0.0687. The number of amides is 1. The van der Waals surface area contributed by atoms with Gasteiger partial charge in [-0.25, -0.2) is 4.98 Å². The van der Waals surface area contributed by atoms with E-state index in [9.17, 15) is 4.79 Å². The molecular formula is C20H20N4OS. The van der Waals surface area contributed by atoms with Gasteiger partial charge in [0.2, 0.25) is 0 Å². The number of hydrogen-bond acceptors (Lipinski definition) is 5. The summed E-state index contributed by atoms with van der Waals surface area (Å²) in [5, 5.41) is 3.00. The van der Waals surface area contributed by atoms with Crippen molar-refractivity contribution in [2.75, 3.05) is 12.3 Å². The number of piperidine rings is 1. The van der Waals surface area contributed by atoms with E-state index in [-0.39, 0.29) is 11.9 Å². The van der Waals surface area contributed by atoms with Gasteiger partial charge in [-0.05, 0) is 43.0 Å². The summed E-state index contributed by atoms with van der Waals surface area (Å²) in [7, 11) is 0. The average Bonchev–Trinajstić information content (AvgIpc) is 3.23. The van der Waals surface area contributed by atoms with Crippen molar-refractivity contribution in [3.8, 4) is 11.1 Å². The second kappa shape index (κ2) is 7.25. The van der Waals surface area contributed by atoms with Crippen molar-refractivity contribution in [3.05, 3.63) is 64.9 Å². The van der Waals surface area contributed by atoms with Crippen LogP contribution in [0.5, 0.6) is 0 Å². The molecule has 0 radical (unpaired) electrons. The van der Waals surface area contributed by atoms with Crippen molar-refractivity contribution in [1.29, 1.82) is 0 Å². The summed E-state index contributed by atoms with van der Waals surface area (Å²) in [6, 6.07) is 9.63. The van der Waals surface area contributed by atoms with Gasteiger partial charge in [-0.1, -0.05) is 12.1 Å². The number of nitrogens with two attached hydrogens (primary N) is 1. The molecule has 1 aliphatic rings. The molecule has 3 heterocycles. The van der Waals surface area contributed by atoms with Crippen LogP contribution in [0.4, 0.5) is 5.69 Å². The van der Waals surface area contributed by atoms with Crippen LogP contribution in [-0.4, -0.2) is 27.3 Å². The van der Waals surface area contributed by atoms with Crippen LogP contribution in [0.1, 0.15) is 40.7 Å². The first-order chi connectivity index (χ1) is 12.7. The van der Waals surface area contributed by atoms with Crippen LogP contribution in [0, 0.1) is 0 Å². The Morgan fingerprint density at radius 2 is 2.00 bits per heavy atom. The zero-order chi connectivity index (χ0) is 17.9. The number of thiazole rings is 1. The lowest BCUT2D eigenvalue weighted by molar-refractivity contribution is 0.0611. The van der Waals surface area contributed by atoms with E-state index in [0.29, 0.717) is 11.3 Å². The maximum Gasteiger partial charge on any atom is 0.254 e. The lowest BCUT2D eigenvalue weighted by atomic mass is 9.99. The first-order valence-electron chi connectivity index (χ1n) is 8.74. The lowest BCUT2D eigenvalue weighted by Gasteiger charge is -2.34. The third-order valence-corrected chi connectivity index (χ3v) is 5.67. The van der Waals surface area contributed by atoms with E-state index in [1.165, 1.54) is 0 Å². The van der Waals surface area contributed by atoms with Crippen molar-refractivity contribution >= 4 is 22.9 Å². The van der Waals surface area contributed by atoms with E-state index in [1.54, 1.807) is 23.7 Å². The van der Waals surface area contributed by atoms with Crippen molar-refractivity contribution in [2.45, 2.75) is 25.3 Å². The fraction of sp³-hybridized carbons (Fsp3) is 0.250. The normalized spacial score (nSPS) is 17.2. The predicted molar refractivity (Wildman–Crippen MR) is 104 cm³/mol. The molecule has 132 valence electrons. The molecule has 1 atom stereocenters. The monoisotopic (exact) mass is 364 g/mol. The van der Waals surface area contributed by atoms with E-state index in [1.807, 2.05) is 46.8 Å². The van der Waals surface area contributed by atoms with Gasteiger partial charge in [0, 0.05) is 35.4 Å². The van der Waals surface area contributed by atoms with Crippen LogP contribution in [0.15, 0.2) is 54.3 Å². The fourth-order valence-electron chi connectivity index (χ4n) is 3.46. The number of benzene rings is 1. The number of rotatable bonds is 3. The summed E-state index contributed by atoms with van der Waals surface area (Å²) in [5.74, 6) is 0.0687. The number of nitrogens with zero attached hydrogens (tertiary/aromatic N) is 3. The minimum atomic E-state index is 0.0687. The SMILES string of the molecule is Nc1cnccc1-c1ccc(C(=O)N2CCCCC2c2nccs2)cc1. The number of aromatic nitrogens is 2. The number of anilines is 1. The fourth-order valence-corrected chi connectivity index (χ4v) is 4.24. The smallest absolute Gasteiger partial charge is 0.254 e. The van der Waals surface area contributed by atoms with E-state index in [0.717, 1.165) is 41.9 Å². The molecule has 2 N–H and O–H groups in total. The maximum atomic E-state index is 13.1. The van der Waals surface area contributed by atoms with Crippen LogP contribution in [0.25, 0.3) is 11.1 Å². The van der Waals surface area contributed by atoms with Crippen molar-refractivity contribution in [3.63, 3.8) is 0 Å². The average molecular weight is 364 g/mol. The molecule has 3 aromatic rings. The number of likely N-dealkylation sites (tertiary alicyclic amines) is 1. The molecule has 6 heteroatoms. The molecule has 1 aliphatic heterocycles. The summed E-state index contributed by atoms with van der Waals surface area (Å²) in [4.78, 5) is 23.5. The molecule has 1 unspecified atom stereocenters. The highest BCUT2D eigenvalue weighted by molar-refractivity contribution is 7.09. The molecular weight excluding hydrogens is 344 g/mol. The second-order valence-corrected chi connectivity index (χ2v) is 7.35. The van der Waals surface area contributed by atoms with E-state index < -0.39 is 0 Å². The van der Waals surface area contributed by atoms with Crippen LogP contribution in [0.2, 0.25) is 0 Å². The summed E-state index contributed by atoms with van der Waals surface area (Å²) in [6.45, 7) is 0.780. The largest absolute Gasteiger partial charge is 0.397 e. The van der Waals surface area contributed by atoms with Crippen molar-refractivity contribution in [2.24, 2.45) is 0 Å². The Morgan fingerprint density at radius 3 is 2.73 bits per heavy atom. The third kappa shape index (κ3) is 3.20. The molecule has 1 aromatic carbocycles. The van der Waals surface area contributed by atoms with Gasteiger partial charge in [-0.2, -0.15) is 0 Å². The summed E-state index contributed by atoms with van der Waals surface area (Å²) in [6.07, 6.45) is 8.32. The number of hydrogen-bond donors (Lipinski definition) is 1. The molecule has 1 fully saturated rings. The first kappa shape index (κ1) is 16.7. The molecule has 1 saturated heterocycles. The zero-order valence-corrected chi connectivity index (χ0v) is 15.2. The third-order valence-electron chi connectivity index (χ3n) is 4.79. The Kier molecular flexibility index (Phi) is 4.67. The maximum absolute atomic E-state index is 13.1. The Labute approximate surface area is 156 Å². The highest BCUT2D eigenvalue weighted by atomic mass is 32.1. The zero-order valence-electron chi connectivity index (χ0n) is 14.3. The van der Waals surface area contributed by atoms with Crippen LogP contribution in [0.3, 0.4) is 0 Å². The van der Waals surface area contributed by atoms with Gasteiger partial charge in [0.1, 0.15) is 5.01 Å². The highest BCUT2D eigenvalue weighted by Crippen LogP contribution is 2.33. The van der Waals surface area contributed by atoms with Gasteiger partial charge in [-0.15, -0.1) is 11.3 Å². The van der Waals surface area contributed by atoms with Crippen LogP contribution in [-0.2, 0) is 0 Å². The minimum Gasteiger partial charge on any atom is -0.397 e. The summed E-state index contributed by atoms with van der Waals surface area (Å²) >= 11 is 1.62. The first-order valence-corrected chi connectivity index (χ1v) is 9.62. The number of carbonyl (C=O) groups excluding carboxylic acids is 1. The Morgan fingerprint density at radius 1 is 1.15 bits per heavy atom. The molecule has 0 saturated carbocycles. The Balaban J connectivity index is 1.58. The van der Waals surface area contributed by atoms with Gasteiger partial charge in [0.05, 0.1) is 17.9 Å². The van der Waals surface area contributed by atoms with Gasteiger partial charge in [0.15, 0.2) is 0 Å². The van der Waals surface area contributed by atoms with Crippen molar-refractivity contribution in [1.82, 2.24) is 14.9 Å². The molecule has 26 heavy (non-hydrogen) atoms. The number of carbonyl (C=O) groups is 1. The molecule has 2 aromatic heterocycles. The Bertz CT molecular complexity index is 892. The quantitative estimate of drug-likeness (QED) is 0.757.